The monoisotopic (exact) mass is 561 g/mol. The molecule has 0 fully saturated rings. The van der Waals surface area contributed by atoms with Gasteiger partial charge in [0.2, 0.25) is 0 Å². The van der Waals surface area contributed by atoms with Crippen LogP contribution in [0.3, 0.4) is 0 Å². The maximum Gasteiger partial charge on any atom is 0.418 e. The highest BCUT2D eigenvalue weighted by atomic mass is 19.4. The number of carbonyl (C=O) groups excluding carboxylic acids is 1. The number of allylic oxidation sites excluding steroid dienone is 2. The van der Waals surface area contributed by atoms with E-state index in [1.807, 2.05) is 31.2 Å². The van der Waals surface area contributed by atoms with Gasteiger partial charge < -0.3 is 15.5 Å². The SMILES string of the molecule is Cc1ccccc1CCC1C=CC(C(F)(F)F)=C(NN=C2C(=O)Nc3cccc(-c4cccc(C(=O)O)c4)c32)C1O. The molecule has 3 aromatic carbocycles. The second-order valence-electron chi connectivity index (χ2n) is 9.90. The Hall–Kier alpha value is -4.70. The van der Waals surface area contributed by atoms with Crippen LogP contribution in [0.2, 0.25) is 0 Å². The zero-order valence-corrected chi connectivity index (χ0v) is 21.9. The van der Waals surface area contributed by atoms with Gasteiger partial charge in [-0.3, -0.25) is 10.2 Å². The molecule has 210 valence electrons. The molecule has 2 atom stereocenters. The van der Waals surface area contributed by atoms with Crippen LogP contribution in [-0.4, -0.2) is 40.1 Å². The lowest BCUT2D eigenvalue weighted by molar-refractivity contribution is -0.110. The minimum atomic E-state index is -4.78. The van der Waals surface area contributed by atoms with Gasteiger partial charge in [0.15, 0.2) is 5.71 Å². The average molecular weight is 562 g/mol. The summed E-state index contributed by atoms with van der Waals surface area (Å²) in [5.74, 6) is -2.41. The number of hydrogen-bond acceptors (Lipinski definition) is 5. The lowest BCUT2D eigenvalue weighted by Crippen LogP contribution is -2.35. The second-order valence-corrected chi connectivity index (χ2v) is 9.90. The number of halogens is 3. The molecule has 0 saturated heterocycles. The van der Waals surface area contributed by atoms with Crippen LogP contribution in [0, 0.1) is 12.8 Å². The number of hydrazone groups is 1. The van der Waals surface area contributed by atoms with Crippen molar-refractivity contribution in [3.63, 3.8) is 0 Å². The van der Waals surface area contributed by atoms with Crippen molar-refractivity contribution in [3.8, 4) is 11.1 Å². The van der Waals surface area contributed by atoms with Gasteiger partial charge in [0.05, 0.1) is 22.5 Å². The van der Waals surface area contributed by atoms with Gasteiger partial charge in [-0.05, 0) is 60.2 Å². The Morgan fingerprint density at radius 1 is 1.07 bits per heavy atom. The molecule has 3 aromatic rings. The molecule has 2 unspecified atom stereocenters. The first kappa shape index (κ1) is 27.9. The number of alkyl halides is 3. The van der Waals surface area contributed by atoms with Crippen molar-refractivity contribution < 1.29 is 33.0 Å². The number of carboxylic acid groups (broad SMARTS) is 1. The molecule has 1 aliphatic carbocycles. The summed E-state index contributed by atoms with van der Waals surface area (Å²) in [5, 5.41) is 27.2. The Morgan fingerprint density at radius 3 is 2.56 bits per heavy atom. The molecular formula is C31H26F3N3O4. The summed E-state index contributed by atoms with van der Waals surface area (Å²) in [6, 6.07) is 18.7. The summed E-state index contributed by atoms with van der Waals surface area (Å²) in [6.45, 7) is 1.95. The number of aliphatic hydroxyl groups excluding tert-OH is 1. The third-order valence-corrected chi connectivity index (χ3v) is 7.29. The first-order valence-corrected chi connectivity index (χ1v) is 12.9. The number of carbonyl (C=O) groups is 2. The van der Waals surface area contributed by atoms with E-state index in [0.29, 0.717) is 35.2 Å². The number of benzene rings is 3. The molecule has 2 aliphatic rings. The molecule has 10 heteroatoms. The number of amides is 1. The van der Waals surface area contributed by atoms with Gasteiger partial charge >= 0.3 is 12.1 Å². The Morgan fingerprint density at radius 2 is 1.83 bits per heavy atom. The molecule has 0 aromatic heterocycles. The highest BCUT2D eigenvalue weighted by Crippen LogP contribution is 2.37. The van der Waals surface area contributed by atoms with Gasteiger partial charge in [-0.1, -0.05) is 60.7 Å². The first-order valence-electron chi connectivity index (χ1n) is 12.9. The smallest absolute Gasteiger partial charge is 0.418 e. The van der Waals surface area contributed by atoms with Crippen LogP contribution in [0.25, 0.3) is 11.1 Å². The molecule has 5 rings (SSSR count). The standard InChI is InChI=1S/C31H26F3N3O4/c1-17-6-2-3-7-18(17)12-13-19-14-15-23(31(32,33)34)26(28(19)38)36-37-27-25-22(10-5-11-24(25)35-29(27)39)20-8-4-9-21(16-20)30(40)41/h2-11,14-16,19,28,36,38H,12-13H2,1H3,(H,40,41)(H,35,37,39). The minimum Gasteiger partial charge on any atom is -0.478 e. The van der Waals surface area contributed by atoms with Crippen LogP contribution in [0.5, 0.6) is 0 Å². The Bertz CT molecular complexity index is 1620. The molecule has 0 radical (unpaired) electrons. The molecule has 0 bridgehead atoms. The van der Waals surface area contributed by atoms with Gasteiger partial charge in [-0.2, -0.15) is 18.3 Å². The zero-order valence-electron chi connectivity index (χ0n) is 21.9. The number of anilines is 1. The minimum absolute atomic E-state index is 0.0304. The Kier molecular flexibility index (Phi) is 7.51. The summed E-state index contributed by atoms with van der Waals surface area (Å²) in [5.41, 5.74) is 4.31. The maximum absolute atomic E-state index is 14.0. The van der Waals surface area contributed by atoms with Gasteiger partial charge in [-0.15, -0.1) is 0 Å². The predicted molar refractivity (Wildman–Crippen MR) is 148 cm³/mol. The van der Waals surface area contributed by atoms with Gasteiger partial charge in [0, 0.05) is 11.5 Å². The third kappa shape index (κ3) is 5.64. The van der Waals surface area contributed by atoms with E-state index in [2.05, 4.69) is 15.8 Å². The molecule has 0 spiro atoms. The highest BCUT2D eigenvalue weighted by molar-refractivity contribution is 6.54. The number of aryl methyl sites for hydroxylation is 2. The topological polar surface area (TPSA) is 111 Å². The van der Waals surface area contributed by atoms with Crippen molar-refractivity contribution in [2.24, 2.45) is 11.0 Å². The lowest BCUT2D eigenvalue weighted by atomic mass is 9.86. The fourth-order valence-corrected chi connectivity index (χ4v) is 5.12. The number of hydrogen-bond donors (Lipinski definition) is 4. The molecule has 1 heterocycles. The normalized spacial score (nSPS) is 19.3. The van der Waals surface area contributed by atoms with Crippen LogP contribution in [-0.2, 0) is 11.2 Å². The summed E-state index contributed by atoms with van der Waals surface area (Å²) >= 11 is 0. The molecule has 1 amide bonds. The first-order chi connectivity index (χ1) is 19.5. The van der Waals surface area contributed by atoms with Crippen LogP contribution >= 0.6 is 0 Å². The van der Waals surface area contributed by atoms with Crippen LogP contribution in [0.15, 0.2) is 95.3 Å². The van der Waals surface area contributed by atoms with E-state index in [9.17, 15) is 33.0 Å². The zero-order chi connectivity index (χ0) is 29.3. The fraction of sp³-hybridized carbons (Fsp3) is 0.194. The Balaban J connectivity index is 1.48. The van der Waals surface area contributed by atoms with E-state index in [-0.39, 0.29) is 11.3 Å². The van der Waals surface area contributed by atoms with Crippen LogP contribution in [0.1, 0.15) is 33.5 Å². The molecule has 7 nitrogen and oxygen atoms in total. The molecular weight excluding hydrogens is 535 g/mol. The summed E-state index contributed by atoms with van der Waals surface area (Å²) in [4.78, 5) is 24.4. The highest BCUT2D eigenvalue weighted by Gasteiger charge is 2.40. The van der Waals surface area contributed by atoms with Gasteiger partial charge in [-0.25, -0.2) is 4.79 Å². The van der Waals surface area contributed by atoms with Gasteiger partial charge in [0.25, 0.3) is 5.91 Å². The van der Waals surface area contributed by atoms with Crippen molar-refractivity contribution in [2.45, 2.75) is 32.0 Å². The predicted octanol–water partition coefficient (Wildman–Crippen LogP) is 5.60. The number of aromatic carboxylic acids is 1. The number of carboxylic acids is 1. The number of nitrogens with zero attached hydrogens (tertiary/aromatic N) is 1. The average Bonchev–Trinajstić information content (AvgIpc) is 3.26. The van der Waals surface area contributed by atoms with E-state index in [1.54, 1.807) is 30.3 Å². The van der Waals surface area contributed by atoms with Crippen LogP contribution < -0.4 is 10.7 Å². The van der Waals surface area contributed by atoms with Crippen LogP contribution in [0.4, 0.5) is 18.9 Å². The molecule has 0 saturated carbocycles. The third-order valence-electron chi connectivity index (χ3n) is 7.29. The molecule has 4 N–H and O–H groups in total. The molecule has 1 aliphatic heterocycles. The second kappa shape index (κ2) is 11.1. The summed E-state index contributed by atoms with van der Waals surface area (Å²) in [7, 11) is 0. The summed E-state index contributed by atoms with van der Waals surface area (Å²) < 4.78 is 41.9. The van der Waals surface area contributed by atoms with Crippen molar-refractivity contribution in [3.05, 3.63) is 112 Å². The Labute approximate surface area is 233 Å². The van der Waals surface area contributed by atoms with Crippen molar-refractivity contribution in [1.82, 2.24) is 5.43 Å². The fourth-order valence-electron chi connectivity index (χ4n) is 5.12. The lowest BCUT2D eigenvalue weighted by Gasteiger charge is -2.29. The number of rotatable bonds is 7. The summed E-state index contributed by atoms with van der Waals surface area (Å²) in [6.07, 6.45) is -3.09. The van der Waals surface area contributed by atoms with E-state index in [4.69, 9.17) is 0 Å². The maximum atomic E-state index is 14.0. The van der Waals surface area contributed by atoms with E-state index in [1.165, 1.54) is 18.2 Å². The largest absolute Gasteiger partial charge is 0.478 e. The number of fused-ring (bicyclic) bond motifs is 1. The van der Waals surface area contributed by atoms with E-state index < -0.39 is 41.3 Å². The number of aliphatic hydroxyl groups is 1. The van der Waals surface area contributed by atoms with E-state index in [0.717, 1.165) is 17.2 Å². The van der Waals surface area contributed by atoms with Crippen molar-refractivity contribution >= 4 is 23.3 Å². The van der Waals surface area contributed by atoms with E-state index >= 15 is 0 Å². The number of nitrogens with one attached hydrogen (secondary N) is 2. The quantitative estimate of drug-likeness (QED) is 0.281. The van der Waals surface area contributed by atoms with Crippen molar-refractivity contribution in [1.29, 1.82) is 0 Å². The van der Waals surface area contributed by atoms with Crippen molar-refractivity contribution in [2.75, 3.05) is 5.32 Å². The molecule has 41 heavy (non-hydrogen) atoms. The van der Waals surface area contributed by atoms with Gasteiger partial charge in [0.1, 0.15) is 6.10 Å².